The van der Waals surface area contributed by atoms with Gasteiger partial charge in [-0.25, -0.2) is 0 Å². The summed E-state index contributed by atoms with van der Waals surface area (Å²) in [6, 6.07) is 0.806. The SMILES string of the molecule is CCCC[Si](OCCOC)(OCCOC)OCCOC. The first-order chi connectivity index (χ1) is 9.74. The van der Waals surface area contributed by atoms with Crippen LogP contribution in [-0.4, -0.2) is 69.8 Å². The van der Waals surface area contributed by atoms with Gasteiger partial charge in [0.2, 0.25) is 0 Å². The van der Waals surface area contributed by atoms with Crippen LogP contribution in [0.3, 0.4) is 0 Å². The minimum Gasteiger partial charge on any atom is -0.382 e. The number of hydrogen-bond donors (Lipinski definition) is 0. The van der Waals surface area contributed by atoms with E-state index in [4.69, 9.17) is 27.5 Å². The molecule has 6 nitrogen and oxygen atoms in total. The molecule has 0 radical (unpaired) electrons. The maximum Gasteiger partial charge on any atom is 0.501 e. The Morgan fingerprint density at radius 3 is 1.35 bits per heavy atom. The molecule has 0 spiro atoms. The van der Waals surface area contributed by atoms with Crippen LogP contribution in [0, 0.1) is 0 Å². The number of unbranched alkanes of at least 4 members (excludes halogenated alkanes) is 1. The van der Waals surface area contributed by atoms with Crippen molar-refractivity contribution in [1.82, 2.24) is 0 Å². The molecule has 20 heavy (non-hydrogen) atoms. The molecule has 0 rings (SSSR count). The highest BCUT2D eigenvalue weighted by Gasteiger charge is 2.40. The Labute approximate surface area is 124 Å². The van der Waals surface area contributed by atoms with E-state index in [1.54, 1.807) is 21.3 Å². The van der Waals surface area contributed by atoms with Crippen molar-refractivity contribution in [2.24, 2.45) is 0 Å². The van der Waals surface area contributed by atoms with E-state index in [1.165, 1.54) is 0 Å². The quantitative estimate of drug-likeness (QED) is 0.339. The Bertz CT molecular complexity index is 179. The predicted octanol–water partition coefficient (Wildman–Crippen LogP) is 1.71. The first-order valence-electron chi connectivity index (χ1n) is 7.13. The van der Waals surface area contributed by atoms with Crippen LogP contribution in [0.2, 0.25) is 6.04 Å². The third kappa shape index (κ3) is 9.81. The fourth-order valence-corrected chi connectivity index (χ4v) is 4.23. The minimum absolute atomic E-state index is 0.479. The van der Waals surface area contributed by atoms with Crippen LogP contribution in [0.25, 0.3) is 0 Å². The monoisotopic (exact) mass is 310 g/mol. The van der Waals surface area contributed by atoms with E-state index in [9.17, 15) is 0 Å². The summed E-state index contributed by atoms with van der Waals surface area (Å²) in [6.07, 6.45) is 2.09. The van der Waals surface area contributed by atoms with Gasteiger partial charge in [0.1, 0.15) is 0 Å². The zero-order valence-corrected chi connectivity index (χ0v) is 14.3. The van der Waals surface area contributed by atoms with Crippen molar-refractivity contribution in [1.29, 1.82) is 0 Å². The van der Waals surface area contributed by atoms with Gasteiger partial charge >= 0.3 is 8.80 Å². The Hall–Kier alpha value is -0.0231. The Morgan fingerprint density at radius 1 is 0.650 bits per heavy atom. The fourth-order valence-electron chi connectivity index (χ4n) is 1.58. The van der Waals surface area contributed by atoms with Gasteiger partial charge in [-0.15, -0.1) is 0 Å². The molecular formula is C13H30O6Si. The largest absolute Gasteiger partial charge is 0.501 e. The molecule has 0 aliphatic rings. The van der Waals surface area contributed by atoms with Crippen molar-refractivity contribution in [2.75, 3.05) is 61.0 Å². The highest BCUT2D eigenvalue weighted by molar-refractivity contribution is 6.60. The first kappa shape index (κ1) is 20.0. The van der Waals surface area contributed by atoms with Crippen molar-refractivity contribution in [3.63, 3.8) is 0 Å². The number of ether oxygens (including phenoxy) is 3. The average Bonchev–Trinajstić information content (AvgIpc) is 2.46. The van der Waals surface area contributed by atoms with Crippen LogP contribution in [-0.2, 0) is 27.5 Å². The molecule has 0 atom stereocenters. The summed E-state index contributed by atoms with van der Waals surface area (Å²) in [6.45, 7) is 5.16. The highest BCUT2D eigenvalue weighted by Crippen LogP contribution is 2.19. The van der Waals surface area contributed by atoms with Crippen molar-refractivity contribution >= 4 is 8.80 Å². The van der Waals surface area contributed by atoms with E-state index in [-0.39, 0.29) is 0 Å². The predicted molar refractivity (Wildman–Crippen MR) is 79.0 cm³/mol. The van der Waals surface area contributed by atoms with Crippen LogP contribution in [0.1, 0.15) is 19.8 Å². The maximum absolute atomic E-state index is 5.92. The average molecular weight is 310 g/mol. The smallest absolute Gasteiger partial charge is 0.382 e. The molecule has 0 saturated heterocycles. The third-order valence-electron chi connectivity index (χ3n) is 2.66. The lowest BCUT2D eigenvalue weighted by molar-refractivity contribution is 0.0143. The summed E-state index contributed by atoms with van der Waals surface area (Å²) in [5.74, 6) is 0. The van der Waals surface area contributed by atoms with E-state index in [0.717, 1.165) is 18.9 Å². The molecule has 0 amide bonds. The molecule has 0 aliphatic carbocycles. The third-order valence-corrected chi connectivity index (χ3v) is 5.56. The molecule has 0 aromatic carbocycles. The van der Waals surface area contributed by atoms with Gasteiger partial charge < -0.3 is 27.5 Å². The number of hydrogen-bond acceptors (Lipinski definition) is 6. The van der Waals surface area contributed by atoms with Gasteiger partial charge in [0.05, 0.1) is 39.6 Å². The summed E-state index contributed by atoms with van der Waals surface area (Å²) < 4.78 is 32.9. The summed E-state index contributed by atoms with van der Waals surface area (Å²) in [5.41, 5.74) is 0. The second-order valence-corrected chi connectivity index (χ2v) is 7.04. The fraction of sp³-hybridized carbons (Fsp3) is 1.00. The zero-order valence-electron chi connectivity index (χ0n) is 13.3. The van der Waals surface area contributed by atoms with Crippen molar-refractivity contribution in [2.45, 2.75) is 25.8 Å². The van der Waals surface area contributed by atoms with E-state index in [2.05, 4.69) is 6.92 Å². The molecule has 0 unspecified atom stereocenters. The Balaban J connectivity index is 4.48. The van der Waals surface area contributed by atoms with Gasteiger partial charge in [-0.3, -0.25) is 0 Å². The standard InChI is InChI=1S/C13H30O6Si/c1-5-6-13-20(17-10-7-14-2,18-11-8-15-3)19-12-9-16-4/h5-13H2,1-4H3. The lowest BCUT2D eigenvalue weighted by atomic mass is 10.4. The molecule has 0 aromatic heterocycles. The molecular weight excluding hydrogens is 280 g/mol. The van der Waals surface area contributed by atoms with Gasteiger partial charge in [0, 0.05) is 27.4 Å². The maximum atomic E-state index is 5.92. The summed E-state index contributed by atoms with van der Waals surface area (Å²) in [5, 5.41) is 0. The van der Waals surface area contributed by atoms with E-state index >= 15 is 0 Å². The molecule has 0 saturated carbocycles. The minimum atomic E-state index is -2.67. The van der Waals surface area contributed by atoms with Gasteiger partial charge in [0.25, 0.3) is 0 Å². The van der Waals surface area contributed by atoms with E-state index in [1.807, 2.05) is 0 Å². The van der Waals surface area contributed by atoms with Gasteiger partial charge in [-0.2, -0.15) is 0 Å². The molecule has 0 N–H and O–H groups in total. The molecule has 0 aromatic rings. The van der Waals surface area contributed by atoms with Crippen LogP contribution in [0.5, 0.6) is 0 Å². The molecule has 122 valence electrons. The highest BCUT2D eigenvalue weighted by atomic mass is 28.4. The van der Waals surface area contributed by atoms with Crippen LogP contribution in [0.15, 0.2) is 0 Å². The zero-order chi connectivity index (χ0) is 15.1. The lowest BCUT2D eigenvalue weighted by Gasteiger charge is -2.29. The summed E-state index contributed by atoms with van der Waals surface area (Å²) >= 11 is 0. The molecule has 0 fully saturated rings. The summed E-state index contributed by atoms with van der Waals surface area (Å²) in [4.78, 5) is 0. The first-order valence-corrected chi connectivity index (χ1v) is 9.06. The van der Waals surface area contributed by atoms with E-state index in [0.29, 0.717) is 39.6 Å². The van der Waals surface area contributed by atoms with Crippen molar-refractivity contribution in [3.05, 3.63) is 0 Å². The topological polar surface area (TPSA) is 55.4 Å². The van der Waals surface area contributed by atoms with Crippen LogP contribution < -0.4 is 0 Å². The Kier molecular flexibility index (Phi) is 13.9. The van der Waals surface area contributed by atoms with Crippen molar-refractivity contribution < 1.29 is 27.5 Å². The molecule has 0 bridgehead atoms. The van der Waals surface area contributed by atoms with Gasteiger partial charge in [0.15, 0.2) is 0 Å². The van der Waals surface area contributed by atoms with Gasteiger partial charge in [-0.05, 0) is 6.42 Å². The van der Waals surface area contributed by atoms with Gasteiger partial charge in [-0.1, -0.05) is 13.3 Å². The van der Waals surface area contributed by atoms with E-state index < -0.39 is 8.80 Å². The second-order valence-electron chi connectivity index (χ2n) is 4.31. The van der Waals surface area contributed by atoms with Crippen LogP contribution in [0.4, 0.5) is 0 Å². The molecule has 0 aliphatic heterocycles. The molecule has 0 heterocycles. The normalized spacial score (nSPS) is 12.0. The molecule has 7 heteroatoms. The Morgan fingerprint density at radius 2 is 1.05 bits per heavy atom. The number of rotatable bonds is 15. The summed E-state index contributed by atoms with van der Waals surface area (Å²) in [7, 11) is 2.28. The van der Waals surface area contributed by atoms with Crippen LogP contribution >= 0.6 is 0 Å². The van der Waals surface area contributed by atoms with Crippen molar-refractivity contribution in [3.8, 4) is 0 Å². The number of methoxy groups -OCH3 is 3. The second kappa shape index (κ2) is 13.9. The lowest BCUT2D eigenvalue weighted by Crippen LogP contribution is -2.47.